The Kier molecular flexibility index (Phi) is 2.66. The molecular formula is C10H9N5OS. The second-order valence-electron chi connectivity index (χ2n) is 3.40. The fourth-order valence-electron chi connectivity index (χ4n) is 1.42. The summed E-state index contributed by atoms with van der Waals surface area (Å²) in [6.07, 6.45) is 3.82. The molecule has 0 atom stereocenters. The molecule has 3 rings (SSSR count). The summed E-state index contributed by atoms with van der Waals surface area (Å²) >= 11 is 1.59. The molecule has 0 saturated heterocycles. The quantitative estimate of drug-likeness (QED) is 0.700. The zero-order chi connectivity index (χ0) is 11.5. The van der Waals surface area contributed by atoms with Gasteiger partial charge >= 0.3 is 0 Å². The van der Waals surface area contributed by atoms with Crippen LogP contribution in [0.2, 0.25) is 0 Å². The minimum Gasteiger partial charge on any atom is -0.339 e. The van der Waals surface area contributed by atoms with E-state index < -0.39 is 0 Å². The maximum absolute atomic E-state index is 5.17. The average Bonchev–Trinajstić information content (AvgIpc) is 3.09. The maximum Gasteiger partial charge on any atom is 0.228 e. The lowest BCUT2D eigenvalue weighted by molar-refractivity contribution is 0.369. The van der Waals surface area contributed by atoms with Crippen molar-refractivity contribution in [3.05, 3.63) is 36.1 Å². The van der Waals surface area contributed by atoms with Gasteiger partial charge < -0.3 is 4.52 Å². The lowest BCUT2D eigenvalue weighted by Gasteiger charge is -1.94. The van der Waals surface area contributed by atoms with Gasteiger partial charge in [0.05, 0.1) is 11.4 Å². The highest BCUT2D eigenvalue weighted by atomic mass is 32.1. The molecule has 0 fully saturated rings. The smallest absolute Gasteiger partial charge is 0.228 e. The number of aromatic nitrogens is 5. The zero-order valence-corrected chi connectivity index (χ0v) is 9.67. The molecule has 17 heavy (non-hydrogen) atoms. The Balaban J connectivity index is 1.69. The Bertz CT molecular complexity index is 572. The van der Waals surface area contributed by atoms with E-state index in [-0.39, 0.29) is 0 Å². The highest BCUT2D eigenvalue weighted by Crippen LogP contribution is 2.21. The fraction of sp³-hybridized carbons (Fsp3) is 0.200. The van der Waals surface area contributed by atoms with Gasteiger partial charge in [0.25, 0.3) is 0 Å². The summed E-state index contributed by atoms with van der Waals surface area (Å²) in [6.45, 7) is 0.687. The molecule has 3 aromatic heterocycles. The van der Waals surface area contributed by atoms with Crippen molar-refractivity contribution >= 4 is 11.3 Å². The van der Waals surface area contributed by atoms with Crippen molar-refractivity contribution in [3.63, 3.8) is 0 Å². The van der Waals surface area contributed by atoms with Crippen molar-refractivity contribution < 1.29 is 4.52 Å². The first-order chi connectivity index (χ1) is 8.42. The highest BCUT2D eigenvalue weighted by molar-refractivity contribution is 7.13. The summed E-state index contributed by atoms with van der Waals surface area (Å²) in [7, 11) is 0. The third kappa shape index (κ3) is 2.23. The Labute approximate surface area is 101 Å². The molecule has 0 N–H and O–H groups in total. The fourth-order valence-corrected chi connectivity index (χ4v) is 2.07. The average molecular weight is 247 g/mol. The van der Waals surface area contributed by atoms with Crippen molar-refractivity contribution in [3.8, 4) is 10.7 Å². The van der Waals surface area contributed by atoms with Crippen molar-refractivity contribution in [2.45, 2.75) is 13.0 Å². The zero-order valence-electron chi connectivity index (χ0n) is 8.85. The van der Waals surface area contributed by atoms with Gasteiger partial charge in [-0.05, 0) is 11.4 Å². The van der Waals surface area contributed by atoms with E-state index in [4.69, 9.17) is 4.52 Å². The van der Waals surface area contributed by atoms with Gasteiger partial charge in [-0.3, -0.25) is 4.68 Å². The molecule has 0 bridgehead atoms. The molecule has 0 amide bonds. The first-order valence-corrected chi connectivity index (χ1v) is 5.98. The van der Waals surface area contributed by atoms with Gasteiger partial charge in [-0.15, -0.1) is 11.3 Å². The number of hydrogen-bond donors (Lipinski definition) is 0. The van der Waals surface area contributed by atoms with Crippen LogP contribution in [0.5, 0.6) is 0 Å². The summed E-state index contributed by atoms with van der Waals surface area (Å²) in [5, 5.41) is 9.93. The monoisotopic (exact) mass is 247 g/mol. The first kappa shape index (κ1) is 10.2. The van der Waals surface area contributed by atoms with Crippen LogP contribution in [-0.4, -0.2) is 24.9 Å². The van der Waals surface area contributed by atoms with Gasteiger partial charge in [-0.25, -0.2) is 4.98 Å². The second kappa shape index (κ2) is 4.46. The minimum atomic E-state index is 0.615. The Morgan fingerprint density at radius 2 is 2.41 bits per heavy atom. The van der Waals surface area contributed by atoms with Crippen LogP contribution >= 0.6 is 11.3 Å². The van der Waals surface area contributed by atoms with Gasteiger partial charge in [0.2, 0.25) is 11.7 Å². The van der Waals surface area contributed by atoms with Gasteiger partial charge in [0.1, 0.15) is 12.7 Å². The van der Waals surface area contributed by atoms with Crippen LogP contribution < -0.4 is 0 Å². The van der Waals surface area contributed by atoms with Gasteiger partial charge in [0.15, 0.2) is 0 Å². The minimum absolute atomic E-state index is 0.615. The molecule has 0 radical (unpaired) electrons. The topological polar surface area (TPSA) is 69.6 Å². The molecule has 0 aliphatic heterocycles. The largest absolute Gasteiger partial charge is 0.339 e. The van der Waals surface area contributed by atoms with Crippen LogP contribution in [0, 0.1) is 0 Å². The summed E-state index contributed by atoms with van der Waals surface area (Å²) in [4.78, 5) is 9.21. The predicted octanol–water partition coefficient (Wildman–Crippen LogP) is 1.63. The molecule has 0 aromatic carbocycles. The molecule has 0 unspecified atom stereocenters. The normalized spacial score (nSPS) is 10.8. The van der Waals surface area contributed by atoms with Crippen molar-refractivity contribution in [1.29, 1.82) is 0 Å². The van der Waals surface area contributed by atoms with E-state index >= 15 is 0 Å². The number of rotatable bonds is 4. The van der Waals surface area contributed by atoms with Crippen molar-refractivity contribution in [1.82, 2.24) is 24.9 Å². The molecule has 6 nitrogen and oxygen atoms in total. The maximum atomic E-state index is 5.17. The Morgan fingerprint density at radius 3 is 3.18 bits per heavy atom. The van der Waals surface area contributed by atoms with Crippen LogP contribution in [0.15, 0.2) is 34.7 Å². The van der Waals surface area contributed by atoms with E-state index in [1.54, 1.807) is 22.3 Å². The van der Waals surface area contributed by atoms with E-state index in [9.17, 15) is 0 Å². The third-order valence-corrected chi connectivity index (χ3v) is 3.10. The summed E-state index contributed by atoms with van der Waals surface area (Å²) in [6, 6.07) is 3.93. The van der Waals surface area contributed by atoms with Crippen LogP contribution in [0.4, 0.5) is 0 Å². The van der Waals surface area contributed by atoms with Gasteiger partial charge in [-0.2, -0.15) is 10.1 Å². The molecule has 0 spiro atoms. The molecule has 7 heteroatoms. The molecule has 0 aliphatic rings. The van der Waals surface area contributed by atoms with E-state index in [1.807, 2.05) is 17.5 Å². The predicted molar refractivity (Wildman–Crippen MR) is 61.3 cm³/mol. The Morgan fingerprint density at radius 1 is 1.41 bits per heavy atom. The second-order valence-corrected chi connectivity index (χ2v) is 4.35. The van der Waals surface area contributed by atoms with Crippen LogP contribution in [0.25, 0.3) is 10.7 Å². The summed E-state index contributed by atoms with van der Waals surface area (Å²) in [5.74, 6) is 1.26. The molecule has 3 aromatic rings. The highest BCUT2D eigenvalue weighted by Gasteiger charge is 2.09. The van der Waals surface area contributed by atoms with Gasteiger partial charge in [0, 0.05) is 6.42 Å². The third-order valence-electron chi connectivity index (χ3n) is 2.23. The summed E-state index contributed by atoms with van der Waals surface area (Å²) < 4.78 is 6.90. The molecule has 3 heterocycles. The number of aryl methyl sites for hydroxylation is 2. The SMILES string of the molecule is c1csc(-c2noc(CCn3cncn3)n2)c1. The van der Waals surface area contributed by atoms with E-state index in [0.29, 0.717) is 24.7 Å². The van der Waals surface area contributed by atoms with Gasteiger partial charge in [-0.1, -0.05) is 11.2 Å². The lowest BCUT2D eigenvalue weighted by atomic mass is 10.4. The number of nitrogens with zero attached hydrogens (tertiary/aromatic N) is 5. The van der Waals surface area contributed by atoms with Crippen LogP contribution in [-0.2, 0) is 13.0 Å². The Hall–Kier alpha value is -2.02. The molecular weight excluding hydrogens is 238 g/mol. The number of hydrogen-bond acceptors (Lipinski definition) is 6. The molecule has 86 valence electrons. The van der Waals surface area contributed by atoms with Crippen molar-refractivity contribution in [2.75, 3.05) is 0 Å². The van der Waals surface area contributed by atoms with E-state index in [1.165, 1.54) is 6.33 Å². The van der Waals surface area contributed by atoms with E-state index in [0.717, 1.165) is 4.88 Å². The van der Waals surface area contributed by atoms with Crippen molar-refractivity contribution in [2.24, 2.45) is 0 Å². The number of thiophene rings is 1. The summed E-state index contributed by atoms with van der Waals surface area (Å²) in [5.41, 5.74) is 0. The molecule has 0 aliphatic carbocycles. The molecule has 0 saturated carbocycles. The lowest BCUT2D eigenvalue weighted by Crippen LogP contribution is -2.01. The van der Waals surface area contributed by atoms with Crippen LogP contribution in [0.3, 0.4) is 0 Å². The van der Waals surface area contributed by atoms with E-state index in [2.05, 4.69) is 20.2 Å². The van der Waals surface area contributed by atoms with Crippen LogP contribution in [0.1, 0.15) is 5.89 Å². The standard InChI is InChI=1S/C10H9N5OS/c1-2-8(17-5-1)10-13-9(16-14-10)3-4-15-7-11-6-12-15/h1-2,5-7H,3-4H2. The first-order valence-electron chi connectivity index (χ1n) is 5.11.